The van der Waals surface area contributed by atoms with Gasteiger partial charge in [0, 0.05) is 0 Å². The minimum absolute atomic E-state index is 0.512. The smallest absolute Gasteiger partial charge is 0.0326 e. The van der Waals surface area contributed by atoms with E-state index in [0.29, 0.717) is 5.41 Å². The second kappa shape index (κ2) is 5.02. The van der Waals surface area contributed by atoms with Crippen molar-refractivity contribution in [2.45, 2.75) is 61.3 Å². The summed E-state index contributed by atoms with van der Waals surface area (Å²) in [5, 5.41) is 0. The van der Waals surface area contributed by atoms with E-state index in [0.717, 1.165) is 17.8 Å². The lowest BCUT2D eigenvalue weighted by Gasteiger charge is -2.37. The molecule has 80 valence electrons. The van der Waals surface area contributed by atoms with Crippen LogP contribution in [0.2, 0.25) is 0 Å². The molecule has 0 amide bonds. The zero-order chi connectivity index (χ0) is 10.6. The van der Waals surface area contributed by atoms with Gasteiger partial charge in [0.1, 0.15) is 0 Å². The Morgan fingerprint density at radius 1 is 1.00 bits per heavy atom. The quantitative estimate of drug-likeness (QED) is 0.579. The lowest BCUT2D eigenvalue weighted by molar-refractivity contribution is 0.123. The molecule has 0 aliphatic heterocycles. The molecule has 0 radical (unpaired) electrons. The maximum atomic E-state index is 2.42. The zero-order valence-corrected chi connectivity index (χ0v) is 10.6. The van der Waals surface area contributed by atoms with Crippen molar-refractivity contribution >= 4 is 0 Å². The summed E-state index contributed by atoms with van der Waals surface area (Å²) in [5.74, 6) is 2.47. The Bertz CT molecular complexity index is 133. The lowest BCUT2D eigenvalue weighted by Crippen LogP contribution is -2.29. The Morgan fingerprint density at radius 3 is 1.77 bits per heavy atom. The molecule has 13 heavy (non-hydrogen) atoms. The molecule has 0 aromatic carbocycles. The van der Waals surface area contributed by atoms with Gasteiger partial charge in [-0.1, -0.05) is 54.9 Å². The van der Waals surface area contributed by atoms with Crippen LogP contribution in [0.1, 0.15) is 61.3 Å². The summed E-state index contributed by atoms with van der Waals surface area (Å²) in [6.45, 7) is 16.6. The molecular formula is C13H28. The monoisotopic (exact) mass is 184 g/mol. The van der Waals surface area contributed by atoms with Gasteiger partial charge in [0.15, 0.2) is 0 Å². The number of hydrogen-bond donors (Lipinski definition) is 0. The van der Waals surface area contributed by atoms with Gasteiger partial charge in [0.2, 0.25) is 0 Å². The maximum absolute atomic E-state index is 2.42. The molecule has 0 fully saturated rings. The summed E-state index contributed by atoms with van der Waals surface area (Å²) in [6.07, 6.45) is 2.66. The van der Waals surface area contributed by atoms with E-state index >= 15 is 0 Å². The van der Waals surface area contributed by atoms with E-state index in [-0.39, 0.29) is 0 Å². The maximum Gasteiger partial charge on any atom is -0.0326 e. The standard InChI is InChI=1S/C13H28/c1-8-9-13(6,7)12(5)11(4)10(2)3/h10-12H,8-9H2,1-7H3. The molecule has 0 aromatic rings. The second-order valence-corrected chi connectivity index (χ2v) is 5.63. The van der Waals surface area contributed by atoms with Crippen molar-refractivity contribution in [1.82, 2.24) is 0 Å². The third-order valence-corrected chi connectivity index (χ3v) is 3.97. The van der Waals surface area contributed by atoms with Crippen LogP contribution in [0.25, 0.3) is 0 Å². The summed E-state index contributed by atoms with van der Waals surface area (Å²) in [7, 11) is 0. The molecule has 2 unspecified atom stereocenters. The van der Waals surface area contributed by atoms with Gasteiger partial charge >= 0.3 is 0 Å². The van der Waals surface area contributed by atoms with Gasteiger partial charge in [-0.2, -0.15) is 0 Å². The van der Waals surface area contributed by atoms with Crippen LogP contribution in [-0.4, -0.2) is 0 Å². The highest BCUT2D eigenvalue weighted by molar-refractivity contribution is 4.79. The number of rotatable bonds is 5. The van der Waals surface area contributed by atoms with Crippen LogP contribution >= 0.6 is 0 Å². The normalized spacial score (nSPS) is 17.5. The first-order valence-corrected chi connectivity index (χ1v) is 5.83. The molecule has 0 spiro atoms. The van der Waals surface area contributed by atoms with Crippen molar-refractivity contribution < 1.29 is 0 Å². The Kier molecular flexibility index (Phi) is 5.02. The average molecular weight is 184 g/mol. The van der Waals surface area contributed by atoms with Crippen molar-refractivity contribution in [3.05, 3.63) is 0 Å². The van der Waals surface area contributed by atoms with Crippen molar-refractivity contribution in [2.24, 2.45) is 23.2 Å². The van der Waals surface area contributed by atoms with E-state index in [1.165, 1.54) is 12.8 Å². The van der Waals surface area contributed by atoms with Crippen LogP contribution in [-0.2, 0) is 0 Å². The molecule has 0 aliphatic rings. The largest absolute Gasteiger partial charge is 0.0654 e. The van der Waals surface area contributed by atoms with E-state index in [9.17, 15) is 0 Å². The molecule has 0 saturated heterocycles. The van der Waals surface area contributed by atoms with Crippen LogP contribution in [0.4, 0.5) is 0 Å². The fourth-order valence-electron chi connectivity index (χ4n) is 2.16. The summed E-state index contributed by atoms with van der Waals surface area (Å²) < 4.78 is 0. The van der Waals surface area contributed by atoms with Gasteiger partial charge in [-0.3, -0.25) is 0 Å². The Hall–Kier alpha value is 0. The number of hydrogen-bond acceptors (Lipinski definition) is 0. The van der Waals surface area contributed by atoms with Crippen LogP contribution < -0.4 is 0 Å². The molecule has 0 heterocycles. The Balaban J connectivity index is 4.29. The average Bonchev–Trinajstić information content (AvgIpc) is 2.01. The Labute approximate surface area is 85.1 Å². The highest BCUT2D eigenvalue weighted by Gasteiger charge is 2.30. The van der Waals surface area contributed by atoms with Gasteiger partial charge in [-0.25, -0.2) is 0 Å². The zero-order valence-electron chi connectivity index (χ0n) is 10.6. The Morgan fingerprint density at radius 2 is 1.46 bits per heavy atom. The molecular weight excluding hydrogens is 156 g/mol. The van der Waals surface area contributed by atoms with E-state index < -0.39 is 0 Å². The molecule has 0 nitrogen and oxygen atoms in total. The van der Waals surface area contributed by atoms with E-state index in [2.05, 4.69) is 48.5 Å². The molecule has 0 bridgehead atoms. The second-order valence-electron chi connectivity index (χ2n) is 5.63. The minimum atomic E-state index is 0.512. The highest BCUT2D eigenvalue weighted by atomic mass is 14.3. The van der Waals surface area contributed by atoms with Crippen molar-refractivity contribution in [3.63, 3.8) is 0 Å². The topological polar surface area (TPSA) is 0 Å². The van der Waals surface area contributed by atoms with Crippen molar-refractivity contribution in [2.75, 3.05) is 0 Å². The lowest BCUT2D eigenvalue weighted by atomic mass is 9.68. The SMILES string of the molecule is CCCC(C)(C)C(C)C(C)C(C)C. The predicted octanol–water partition coefficient (Wildman–Crippen LogP) is 4.74. The minimum Gasteiger partial charge on any atom is -0.0654 e. The van der Waals surface area contributed by atoms with Gasteiger partial charge in [0.25, 0.3) is 0 Å². The summed E-state index contributed by atoms with van der Waals surface area (Å²) in [5.41, 5.74) is 0.512. The van der Waals surface area contributed by atoms with Crippen molar-refractivity contribution in [3.8, 4) is 0 Å². The molecule has 0 heteroatoms. The summed E-state index contributed by atoms with van der Waals surface area (Å²) in [4.78, 5) is 0. The van der Waals surface area contributed by atoms with Gasteiger partial charge in [-0.15, -0.1) is 0 Å². The van der Waals surface area contributed by atoms with Crippen LogP contribution in [0.5, 0.6) is 0 Å². The first-order valence-electron chi connectivity index (χ1n) is 5.83. The molecule has 0 aromatic heterocycles. The van der Waals surface area contributed by atoms with Crippen LogP contribution in [0.15, 0.2) is 0 Å². The molecule has 0 aliphatic carbocycles. The molecule has 2 atom stereocenters. The molecule has 0 saturated carbocycles. The fourth-order valence-corrected chi connectivity index (χ4v) is 2.16. The fraction of sp³-hybridized carbons (Fsp3) is 1.00. The van der Waals surface area contributed by atoms with Gasteiger partial charge in [-0.05, 0) is 29.6 Å². The van der Waals surface area contributed by atoms with E-state index in [1.54, 1.807) is 0 Å². The summed E-state index contributed by atoms with van der Waals surface area (Å²) >= 11 is 0. The predicted molar refractivity (Wildman–Crippen MR) is 61.9 cm³/mol. The third-order valence-electron chi connectivity index (χ3n) is 3.97. The van der Waals surface area contributed by atoms with Gasteiger partial charge in [0.05, 0.1) is 0 Å². The van der Waals surface area contributed by atoms with Crippen LogP contribution in [0, 0.1) is 23.2 Å². The first-order chi connectivity index (χ1) is 5.83. The highest BCUT2D eigenvalue weighted by Crippen LogP contribution is 2.38. The third kappa shape index (κ3) is 3.70. The van der Waals surface area contributed by atoms with E-state index in [1.807, 2.05) is 0 Å². The summed E-state index contributed by atoms with van der Waals surface area (Å²) in [6, 6.07) is 0. The first kappa shape index (κ1) is 13.0. The molecule has 0 rings (SSSR count). The van der Waals surface area contributed by atoms with Crippen LogP contribution in [0.3, 0.4) is 0 Å². The van der Waals surface area contributed by atoms with Gasteiger partial charge < -0.3 is 0 Å². The van der Waals surface area contributed by atoms with E-state index in [4.69, 9.17) is 0 Å². The molecule has 0 N–H and O–H groups in total. The van der Waals surface area contributed by atoms with Crippen molar-refractivity contribution in [1.29, 1.82) is 0 Å².